The van der Waals surface area contributed by atoms with E-state index in [1.54, 1.807) is 18.2 Å². The van der Waals surface area contributed by atoms with Crippen LogP contribution in [-0.2, 0) is 0 Å². The summed E-state index contributed by atoms with van der Waals surface area (Å²) in [5, 5.41) is 8.66. The van der Waals surface area contributed by atoms with Gasteiger partial charge in [0, 0.05) is 0 Å². The predicted molar refractivity (Wildman–Crippen MR) is 60.5 cm³/mol. The Kier molecular flexibility index (Phi) is 3.99. The molecule has 1 aromatic rings. The zero-order valence-corrected chi connectivity index (χ0v) is 9.16. The van der Waals surface area contributed by atoms with Crippen LogP contribution in [0.15, 0.2) is 18.2 Å². The van der Waals surface area contributed by atoms with Gasteiger partial charge in [-0.3, -0.25) is 0 Å². The molecule has 80 valence electrons. The van der Waals surface area contributed by atoms with Gasteiger partial charge in [0.1, 0.15) is 5.75 Å². The molecular weight excluding hydrogens is 188 g/mol. The minimum atomic E-state index is 0.514. The molecule has 0 aromatic heterocycles. The van der Waals surface area contributed by atoms with E-state index in [0.717, 1.165) is 6.42 Å². The van der Waals surface area contributed by atoms with E-state index in [1.807, 2.05) is 6.07 Å². The Morgan fingerprint density at radius 1 is 1.53 bits per heavy atom. The quantitative estimate of drug-likeness (QED) is 0.767. The molecule has 0 aliphatic heterocycles. The van der Waals surface area contributed by atoms with Gasteiger partial charge in [-0.2, -0.15) is 5.26 Å². The molecule has 0 amide bonds. The van der Waals surface area contributed by atoms with Gasteiger partial charge < -0.3 is 10.5 Å². The van der Waals surface area contributed by atoms with Gasteiger partial charge in [-0.15, -0.1) is 0 Å². The summed E-state index contributed by atoms with van der Waals surface area (Å²) in [6.45, 7) is 4.91. The third-order valence-electron chi connectivity index (χ3n) is 2.36. The first-order valence-corrected chi connectivity index (χ1v) is 5.09. The fourth-order valence-corrected chi connectivity index (χ4v) is 1.10. The first kappa shape index (κ1) is 11.4. The van der Waals surface area contributed by atoms with Crippen molar-refractivity contribution in [3.8, 4) is 11.8 Å². The number of nitrogens with zero attached hydrogens (tertiary/aromatic N) is 1. The highest BCUT2D eigenvalue weighted by atomic mass is 16.5. The fourth-order valence-electron chi connectivity index (χ4n) is 1.10. The molecule has 0 heterocycles. The molecule has 0 radical (unpaired) electrons. The lowest BCUT2D eigenvalue weighted by Gasteiger charge is -2.12. The van der Waals surface area contributed by atoms with Gasteiger partial charge >= 0.3 is 0 Å². The topological polar surface area (TPSA) is 59.0 Å². The average molecular weight is 204 g/mol. The van der Waals surface area contributed by atoms with Crippen molar-refractivity contribution in [2.24, 2.45) is 5.92 Å². The molecule has 0 bridgehead atoms. The maximum Gasteiger partial charge on any atom is 0.142 e. The van der Waals surface area contributed by atoms with E-state index in [4.69, 9.17) is 15.7 Å². The first-order chi connectivity index (χ1) is 7.17. The molecule has 1 rings (SSSR count). The number of anilines is 1. The van der Waals surface area contributed by atoms with Crippen LogP contribution in [0.2, 0.25) is 0 Å². The van der Waals surface area contributed by atoms with Crippen molar-refractivity contribution in [1.29, 1.82) is 5.26 Å². The van der Waals surface area contributed by atoms with E-state index in [0.29, 0.717) is 29.5 Å². The number of nitrogen functional groups attached to an aromatic ring is 1. The highest BCUT2D eigenvalue weighted by molar-refractivity contribution is 5.56. The summed E-state index contributed by atoms with van der Waals surface area (Å²) >= 11 is 0. The number of ether oxygens (including phenoxy) is 1. The fraction of sp³-hybridized carbons (Fsp3) is 0.417. The normalized spacial score (nSPS) is 11.8. The van der Waals surface area contributed by atoms with Gasteiger partial charge in [-0.25, -0.2) is 0 Å². The zero-order valence-electron chi connectivity index (χ0n) is 9.16. The van der Waals surface area contributed by atoms with Gasteiger partial charge in [-0.05, 0) is 24.1 Å². The predicted octanol–water partition coefficient (Wildman–Crippen LogP) is 2.57. The second kappa shape index (κ2) is 5.26. The largest absolute Gasteiger partial charge is 0.491 e. The Labute approximate surface area is 90.5 Å². The van der Waals surface area contributed by atoms with Crippen LogP contribution in [0.3, 0.4) is 0 Å². The van der Waals surface area contributed by atoms with E-state index in [2.05, 4.69) is 13.8 Å². The summed E-state index contributed by atoms with van der Waals surface area (Å²) in [6.07, 6.45) is 1.08. The molecule has 0 spiro atoms. The maximum absolute atomic E-state index is 8.66. The van der Waals surface area contributed by atoms with Crippen molar-refractivity contribution in [2.45, 2.75) is 20.3 Å². The summed E-state index contributed by atoms with van der Waals surface area (Å²) in [7, 11) is 0. The first-order valence-electron chi connectivity index (χ1n) is 5.09. The molecule has 0 aliphatic rings. The maximum atomic E-state index is 8.66. The minimum Gasteiger partial charge on any atom is -0.491 e. The molecule has 1 atom stereocenters. The molecule has 0 saturated carbocycles. The van der Waals surface area contributed by atoms with Crippen molar-refractivity contribution in [2.75, 3.05) is 12.3 Å². The van der Waals surface area contributed by atoms with Crippen LogP contribution >= 0.6 is 0 Å². The van der Waals surface area contributed by atoms with Crippen LogP contribution in [0.4, 0.5) is 5.69 Å². The number of benzene rings is 1. The number of nitrogens with two attached hydrogens (primary N) is 1. The molecule has 1 unspecified atom stereocenters. The monoisotopic (exact) mass is 204 g/mol. The lowest BCUT2D eigenvalue weighted by atomic mass is 10.1. The summed E-state index contributed by atoms with van der Waals surface area (Å²) in [5.74, 6) is 1.18. The Morgan fingerprint density at radius 2 is 2.27 bits per heavy atom. The highest BCUT2D eigenvalue weighted by Gasteiger charge is 2.04. The van der Waals surface area contributed by atoms with Crippen molar-refractivity contribution in [3.63, 3.8) is 0 Å². The molecule has 0 aliphatic carbocycles. The van der Waals surface area contributed by atoms with Crippen LogP contribution < -0.4 is 10.5 Å². The van der Waals surface area contributed by atoms with Crippen LogP contribution in [0.5, 0.6) is 5.75 Å². The van der Waals surface area contributed by atoms with Gasteiger partial charge in [0.2, 0.25) is 0 Å². The summed E-state index contributed by atoms with van der Waals surface area (Å²) in [6, 6.07) is 7.12. The van der Waals surface area contributed by atoms with Crippen LogP contribution in [-0.4, -0.2) is 6.61 Å². The second-order valence-electron chi connectivity index (χ2n) is 3.69. The van der Waals surface area contributed by atoms with Gasteiger partial charge in [0.05, 0.1) is 23.9 Å². The molecule has 0 fully saturated rings. The lowest BCUT2D eigenvalue weighted by molar-refractivity contribution is 0.258. The Bertz CT molecular complexity index is 368. The minimum absolute atomic E-state index is 0.514. The molecule has 3 heteroatoms. The van der Waals surface area contributed by atoms with Crippen molar-refractivity contribution >= 4 is 5.69 Å². The number of nitriles is 1. The molecular formula is C12H16N2O. The Balaban J connectivity index is 2.67. The Morgan fingerprint density at radius 3 is 2.80 bits per heavy atom. The third kappa shape index (κ3) is 3.17. The molecule has 1 aromatic carbocycles. The van der Waals surface area contributed by atoms with E-state index < -0.39 is 0 Å². The lowest BCUT2D eigenvalue weighted by Crippen LogP contribution is -2.08. The Hall–Kier alpha value is -1.69. The van der Waals surface area contributed by atoms with E-state index in [1.165, 1.54) is 0 Å². The SMILES string of the molecule is CCC(C)COc1ccc(C#N)cc1N. The summed E-state index contributed by atoms with van der Waals surface area (Å²) in [5.41, 5.74) is 6.83. The average Bonchev–Trinajstić information content (AvgIpc) is 2.26. The standard InChI is InChI=1S/C12H16N2O/c1-3-9(2)8-15-12-5-4-10(7-13)6-11(12)14/h4-6,9H,3,8,14H2,1-2H3. The van der Waals surface area contributed by atoms with E-state index >= 15 is 0 Å². The second-order valence-corrected chi connectivity index (χ2v) is 3.69. The number of hydrogen-bond acceptors (Lipinski definition) is 3. The molecule has 15 heavy (non-hydrogen) atoms. The van der Waals surface area contributed by atoms with Gasteiger partial charge in [-0.1, -0.05) is 20.3 Å². The van der Waals surface area contributed by atoms with Gasteiger partial charge in [0.25, 0.3) is 0 Å². The number of hydrogen-bond donors (Lipinski definition) is 1. The molecule has 0 saturated heterocycles. The van der Waals surface area contributed by atoms with E-state index in [-0.39, 0.29) is 0 Å². The van der Waals surface area contributed by atoms with E-state index in [9.17, 15) is 0 Å². The molecule has 2 N–H and O–H groups in total. The van der Waals surface area contributed by atoms with Crippen molar-refractivity contribution in [3.05, 3.63) is 23.8 Å². The van der Waals surface area contributed by atoms with Crippen molar-refractivity contribution in [1.82, 2.24) is 0 Å². The molecule has 3 nitrogen and oxygen atoms in total. The summed E-state index contributed by atoms with van der Waals surface area (Å²) < 4.78 is 5.55. The van der Waals surface area contributed by atoms with Crippen molar-refractivity contribution < 1.29 is 4.74 Å². The van der Waals surface area contributed by atoms with Crippen LogP contribution in [0.25, 0.3) is 0 Å². The van der Waals surface area contributed by atoms with Crippen LogP contribution in [0.1, 0.15) is 25.8 Å². The number of rotatable bonds is 4. The van der Waals surface area contributed by atoms with Crippen LogP contribution in [0, 0.1) is 17.2 Å². The third-order valence-corrected chi connectivity index (χ3v) is 2.36. The highest BCUT2D eigenvalue weighted by Crippen LogP contribution is 2.22. The zero-order chi connectivity index (χ0) is 11.3. The van der Waals surface area contributed by atoms with Gasteiger partial charge in [0.15, 0.2) is 0 Å². The summed E-state index contributed by atoms with van der Waals surface area (Å²) in [4.78, 5) is 0. The smallest absolute Gasteiger partial charge is 0.142 e.